The van der Waals surface area contributed by atoms with Gasteiger partial charge in [0, 0.05) is 51.3 Å². The van der Waals surface area contributed by atoms with Crippen LogP contribution in [-0.4, -0.2) is 60.6 Å². The first kappa shape index (κ1) is 40.1. The SMILES string of the molecule is COc1ccc(OCCc2ccc(CN3CCN(C(=O)C=Cc4cc(C)c(Oc5ccc(OCc6ccc(C)c(F)c6)cn5)c(Cl)c4)CC3)cc2)cc1.Cl. The first-order valence-corrected chi connectivity index (χ1v) is 18.0. The maximum absolute atomic E-state index is 13.8. The third-order valence-corrected chi connectivity index (χ3v) is 9.34. The van der Waals surface area contributed by atoms with Crippen LogP contribution >= 0.6 is 24.0 Å². The molecule has 0 radical (unpaired) electrons. The number of methoxy groups -OCH3 is 1. The molecule has 1 fully saturated rings. The number of ether oxygens (including phenoxy) is 4. The van der Waals surface area contributed by atoms with Gasteiger partial charge in [0.15, 0.2) is 5.75 Å². The number of piperazine rings is 1. The minimum absolute atomic E-state index is 0. The third-order valence-electron chi connectivity index (χ3n) is 9.06. The first-order valence-electron chi connectivity index (χ1n) is 17.6. The zero-order valence-corrected chi connectivity index (χ0v) is 32.2. The summed E-state index contributed by atoms with van der Waals surface area (Å²) in [5.41, 5.74) is 5.40. The van der Waals surface area contributed by atoms with Gasteiger partial charge in [-0.05, 0) is 102 Å². The molecule has 1 aromatic heterocycles. The summed E-state index contributed by atoms with van der Waals surface area (Å²) >= 11 is 6.61. The normalized spacial score (nSPS) is 13.0. The summed E-state index contributed by atoms with van der Waals surface area (Å²) in [5, 5.41) is 0.407. The molecule has 1 aliphatic rings. The average molecular weight is 773 g/mol. The van der Waals surface area contributed by atoms with E-state index in [1.165, 1.54) is 17.2 Å². The predicted molar refractivity (Wildman–Crippen MR) is 213 cm³/mol. The minimum Gasteiger partial charge on any atom is -0.497 e. The number of carbonyl (C=O) groups excluding carboxylic acids is 1. The fourth-order valence-corrected chi connectivity index (χ4v) is 6.23. The van der Waals surface area contributed by atoms with Gasteiger partial charge >= 0.3 is 0 Å². The fraction of sp³-hybridized carbons (Fsp3) is 0.256. The van der Waals surface area contributed by atoms with Crippen LogP contribution in [0.3, 0.4) is 0 Å². The largest absolute Gasteiger partial charge is 0.497 e. The summed E-state index contributed by atoms with van der Waals surface area (Å²) in [5.74, 6) is 2.71. The Labute approximate surface area is 327 Å². The third kappa shape index (κ3) is 11.2. The van der Waals surface area contributed by atoms with Gasteiger partial charge in [-0.1, -0.05) is 48.0 Å². The zero-order chi connectivity index (χ0) is 37.2. The predicted octanol–water partition coefficient (Wildman–Crippen LogP) is 9.27. The number of hydrogen-bond acceptors (Lipinski definition) is 7. The van der Waals surface area contributed by atoms with E-state index >= 15 is 0 Å². The number of amides is 1. The van der Waals surface area contributed by atoms with E-state index in [1.54, 1.807) is 56.6 Å². The quantitative estimate of drug-likeness (QED) is 0.104. The Morgan fingerprint density at radius 3 is 2.17 bits per heavy atom. The topological polar surface area (TPSA) is 73.4 Å². The molecule has 54 heavy (non-hydrogen) atoms. The molecule has 8 nitrogen and oxygen atoms in total. The van der Waals surface area contributed by atoms with Crippen LogP contribution in [0, 0.1) is 19.7 Å². The molecule has 0 aliphatic carbocycles. The fourth-order valence-electron chi connectivity index (χ4n) is 5.92. The van der Waals surface area contributed by atoms with E-state index < -0.39 is 0 Å². The van der Waals surface area contributed by atoms with E-state index in [-0.39, 0.29) is 30.7 Å². The Morgan fingerprint density at radius 1 is 0.815 bits per heavy atom. The summed E-state index contributed by atoms with van der Waals surface area (Å²) < 4.78 is 36.6. The van der Waals surface area contributed by atoms with Crippen LogP contribution in [0.25, 0.3) is 6.08 Å². The average Bonchev–Trinajstić information content (AvgIpc) is 3.17. The van der Waals surface area contributed by atoms with Gasteiger partial charge in [0.2, 0.25) is 11.8 Å². The molecular weight excluding hydrogens is 728 g/mol. The summed E-state index contributed by atoms with van der Waals surface area (Å²) in [4.78, 5) is 21.6. The smallest absolute Gasteiger partial charge is 0.246 e. The van der Waals surface area contributed by atoms with Crippen LogP contribution in [0.4, 0.5) is 4.39 Å². The monoisotopic (exact) mass is 771 g/mol. The number of hydrogen-bond donors (Lipinski definition) is 0. The molecule has 1 amide bonds. The van der Waals surface area contributed by atoms with Crippen LogP contribution in [-0.2, 0) is 24.4 Å². The van der Waals surface area contributed by atoms with E-state index in [1.807, 2.05) is 48.2 Å². The molecular formula is C43H44Cl2FN3O5. The van der Waals surface area contributed by atoms with E-state index in [9.17, 15) is 9.18 Å². The molecule has 2 heterocycles. The number of rotatable bonds is 14. The van der Waals surface area contributed by atoms with E-state index in [4.69, 9.17) is 30.5 Å². The summed E-state index contributed by atoms with van der Waals surface area (Å²) in [6.45, 7) is 8.23. The van der Waals surface area contributed by atoms with Gasteiger partial charge in [0.05, 0.1) is 24.9 Å². The Kier molecular flexibility index (Phi) is 14.3. The summed E-state index contributed by atoms with van der Waals surface area (Å²) in [6.07, 6.45) is 5.76. The highest BCUT2D eigenvalue weighted by atomic mass is 35.5. The Hall–Kier alpha value is -5.09. The number of carbonyl (C=O) groups is 1. The highest BCUT2D eigenvalue weighted by molar-refractivity contribution is 6.32. The second-order valence-electron chi connectivity index (χ2n) is 13.0. The van der Waals surface area contributed by atoms with Gasteiger partial charge in [0.25, 0.3) is 0 Å². The Bertz CT molecular complexity index is 1990. The Balaban J connectivity index is 0.00000561. The van der Waals surface area contributed by atoms with Crippen molar-refractivity contribution >= 4 is 36.0 Å². The molecule has 11 heteroatoms. The van der Waals surface area contributed by atoms with Gasteiger partial charge in [-0.25, -0.2) is 9.37 Å². The molecule has 282 valence electrons. The van der Waals surface area contributed by atoms with Gasteiger partial charge in [-0.2, -0.15) is 0 Å². The molecule has 6 rings (SSSR count). The molecule has 1 saturated heterocycles. The summed E-state index contributed by atoms with van der Waals surface area (Å²) in [6, 6.07) is 28.4. The molecule has 4 aromatic carbocycles. The molecule has 1 aliphatic heterocycles. The molecule has 0 N–H and O–H groups in total. The molecule has 0 unspecified atom stereocenters. The molecule has 5 aromatic rings. The second-order valence-corrected chi connectivity index (χ2v) is 13.4. The van der Waals surface area contributed by atoms with Crippen LogP contribution in [0.5, 0.6) is 28.9 Å². The zero-order valence-electron chi connectivity index (χ0n) is 30.6. The van der Waals surface area contributed by atoms with Crippen LogP contribution < -0.4 is 18.9 Å². The van der Waals surface area contributed by atoms with Crippen LogP contribution in [0.1, 0.15) is 33.4 Å². The first-order chi connectivity index (χ1) is 25.7. The van der Waals surface area contributed by atoms with Crippen molar-refractivity contribution in [2.45, 2.75) is 33.4 Å². The number of pyridine rings is 1. The van der Waals surface area contributed by atoms with Crippen LogP contribution in [0.15, 0.2) is 103 Å². The van der Waals surface area contributed by atoms with Gasteiger partial charge in [-0.15, -0.1) is 12.4 Å². The number of aromatic nitrogens is 1. The van der Waals surface area contributed by atoms with Crippen molar-refractivity contribution in [3.05, 3.63) is 147 Å². The lowest BCUT2D eigenvalue weighted by atomic mass is 10.1. The summed E-state index contributed by atoms with van der Waals surface area (Å²) in [7, 11) is 1.65. The molecule has 0 bridgehead atoms. The molecule has 0 atom stereocenters. The lowest BCUT2D eigenvalue weighted by Gasteiger charge is -2.34. The number of aryl methyl sites for hydroxylation is 2. The van der Waals surface area contributed by atoms with Crippen molar-refractivity contribution in [3.8, 4) is 28.9 Å². The van der Waals surface area contributed by atoms with Gasteiger partial charge in [-0.3, -0.25) is 9.69 Å². The number of halogens is 3. The van der Waals surface area contributed by atoms with Crippen molar-refractivity contribution in [2.75, 3.05) is 39.9 Å². The van der Waals surface area contributed by atoms with E-state index in [2.05, 4.69) is 34.1 Å². The minimum atomic E-state index is -0.262. The number of benzene rings is 4. The van der Waals surface area contributed by atoms with Crippen molar-refractivity contribution in [1.29, 1.82) is 0 Å². The van der Waals surface area contributed by atoms with Crippen molar-refractivity contribution in [2.24, 2.45) is 0 Å². The Morgan fingerprint density at radius 2 is 1.50 bits per heavy atom. The maximum Gasteiger partial charge on any atom is 0.246 e. The second kappa shape index (κ2) is 19.3. The van der Waals surface area contributed by atoms with Crippen molar-refractivity contribution in [1.82, 2.24) is 14.8 Å². The van der Waals surface area contributed by atoms with E-state index in [0.717, 1.165) is 54.2 Å². The van der Waals surface area contributed by atoms with Crippen LogP contribution in [0.2, 0.25) is 5.02 Å². The van der Waals surface area contributed by atoms with Gasteiger partial charge in [0.1, 0.15) is 29.7 Å². The highest BCUT2D eigenvalue weighted by Gasteiger charge is 2.20. The van der Waals surface area contributed by atoms with E-state index in [0.29, 0.717) is 47.7 Å². The maximum atomic E-state index is 13.8. The van der Waals surface area contributed by atoms with Crippen molar-refractivity contribution in [3.63, 3.8) is 0 Å². The lowest BCUT2D eigenvalue weighted by Crippen LogP contribution is -2.47. The van der Waals surface area contributed by atoms with Crippen molar-refractivity contribution < 1.29 is 28.1 Å². The van der Waals surface area contributed by atoms with Gasteiger partial charge < -0.3 is 23.8 Å². The molecule has 0 saturated carbocycles. The molecule has 0 spiro atoms. The standard InChI is InChI=1S/C43H43ClFN3O5.ClH/c1-30-4-5-35(26-40(30)45)29-52-38-15-16-41(46-27-38)53-43-31(2)24-34(25-39(43)44)10-17-42(49)48-21-19-47(20-22-48)28-33-8-6-32(7-9-33)18-23-51-37-13-11-36(50-3)12-14-37;/h4-17,24-27H,18-23,28-29H2,1-3H3;1H. The lowest BCUT2D eigenvalue weighted by molar-refractivity contribution is -0.127. The number of nitrogens with zero attached hydrogens (tertiary/aromatic N) is 3. The highest BCUT2D eigenvalue weighted by Crippen LogP contribution is 2.34.